The van der Waals surface area contributed by atoms with Gasteiger partial charge in [0.25, 0.3) is 0 Å². The van der Waals surface area contributed by atoms with Crippen molar-refractivity contribution in [3.05, 3.63) is 52.7 Å². The van der Waals surface area contributed by atoms with Crippen LogP contribution in [0.4, 0.5) is 0 Å². The molecule has 90 valence electrons. The zero-order valence-corrected chi connectivity index (χ0v) is 11.3. The van der Waals surface area contributed by atoms with Crippen molar-refractivity contribution in [2.75, 3.05) is 6.54 Å². The minimum atomic E-state index is 0.0648. The zero-order chi connectivity index (χ0) is 12.1. The molecule has 2 aromatic heterocycles. The molecule has 0 spiro atoms. The first-order valence-electron chi connectivity index (χ1n) is 5.70. The van der Waals surface area contributed by atoms with Crippen LogP contribution in [0, 0.1) is 0 Å². The van der Waals surface area contributed by atoms with Crippen LogP contribution in [0.5, 0.6) is 0 Å². The van der Waals surface area contributed by atoms with E-state index in [1.807, 2.05) is 24.4 Å². The van der Waals surface area contributed by atoms with Gasteiger partial charge >= 0.3 is 0 Å². The van der Waals surface area contributed by atoms with Gasteiger partial charge in [0.05, 0.1) is 6.04 Å². The van der Waals surface area contributed by atoms with Crippen molar-refractivity contribution in [3.63, 3.8) is 0 Å². The Kier molecular flexibility index (Phi) is 4.34. The van der Waals surface area contributed by atoms with Gasteiger partial charge in [-0.05, 0) is 52.7 Å². The predicted molar refractivity (Wildman–Crippen MR) is 70.8 cm³/mol. The number of furan rings is 1. The van der Waals surface area contributed by atoms with Gasteiger partial charge in [0.1, 0.15) is 5.76 Å². The van der Waals surface area contributed by atoms with Crippen LogP contribution < -0.4 is 5.32 Å². The number of aromatic nitrogens is 1. The maximum absolute atomic E-state index is 5.62. The molecule has 0 saturated heterocycles. The average molecular weight is 295 g/mol. The molecular weight excluding hydrogens is 280 g/mol. The third-order valence-electron chi connectivity index (χ3n) is 2.49. The van der Waals surface area contributed by atoms with Gasteiger partial charge < -0.3 is 9.73 Å². The lowest BCUT2D eigenvalue weighted by Crippen LogP contribution is -2.22. The number of hydrogen-bond donors (Lipinski definition) is 1. The maximum atomic E-state index is 5.62. The molecule has 2 aromatic rings. The lowest BCUT2D eigenvalue weighted by molar-refractivity contribution is 0.432. The van der Waals surface area contributed by atoms with Crippen molar-refractivity contribution >= 4 is 15.9 Å². The molecule has 0 bridgehead atoms. The minimum Gasteiger partial charge on any atom is -0.452 e. The second kappa shape index (κ2) is 5.98. The van der Waals surface area contributed by atoms with Crippen LogP contribution in [0.25, 0.3) is 0 Å². The highest BCUT2D eigenvalue weighted by Gasteiger charge is 2.16. The van der Waals surface area contributed by atoms with Crippen LogP contribution in [-0.2, 0) is 0 Å². The molecule has 17 heavy (non-hydrogen) atoms. The van der Waals surface area contributed by atoms with E-state index in [9.17, 15) is 0 Å². The molecule has 1 N–H and O–H groups in total. The molecular formula is C13H15BrN2O. The summed E-state index contributed by atoms with van der Waals surface area (Å²) in [5.74, 6) is 0.901. The minimum absolute atomic E-state index is 0.0648. The normalized spacial score (nSPS) is 12.6. The monoisotopic (exact) mass is 294 g/mol. The molecule has 0 radical (unpaired) electrons. The topological polar surface area (TPSA) is 38.1 Å². The zero-order valence-electron chi connectivity index (χ0n) is 9.69. The SMILES string of the molecule is CCCNC(c1cccnc1)c1ccc(Br)o1. The van der Waals surface area contributed by atoms with E-state index >= 15 is 0 Å². The molecule has 0 amide bonds. The summed E-state index contributed by atoms with van der Waals surface area (Å²) >= 11 is 3.33. The van der Waals surface area contributed by atoms with Gasteiger partial charge in [-0.15, -0.1) is 0 Å². The lowest BCUT2D eigenvalue weighted by Gasteiger charge is -2.16. The molecule has 1 atom stereocenters. The Morgan fingerprint density at radius 1 is 1.41 bits per heavy atom. The number of nitrogens with one attached hydrogen (secondary N) is 1. The number of hydrogen-bond acceptors (Lipinski definition) is 3. The van der Waals surface area contributed by atoms with Crippen LogP contribution in [0.3, 0.4) is 0 Å². The Balaban J connectivity index is 2.25. The number of halogens is 1. The summed E-state index contributed by atoms with van der Waals surface area (Å²) in [7, 11) is 0. The fraction of sp³-hybridized carbons (Fsp3) is 0.308. The standard InChI is InChI=1S/C13H15BrN2O/c1-2-7-16-13(10-4-3-8-15-9-10)11-5-6-12(14)17-11/h3-6,8-9,13,16H,2,7H2,1H3. The Morgan fingerprint density at radius 2 is 2.29 bits per heavy atom. The van der Waals surface area contributed by atoms with E-state index in [-0.39, 0.29) is 6.04 Å². The first-order chi connectivity index (χ1) is 8.31. The van der Waals surface area contributed by atoms with E-state index in [1.54, 1.807) is 6.20 Å². The average Bonchev–Trinajstić information content (AvgIpc) is 2.78. The van der Waals surface area contributed by atoms with Gasteiger partial charge in [0.15, 0.2) is 4.67 Å². The second-order valence-corrected chi connectivity index (χ2v) is 4.60. The quantitative estimate of drug-likeness (QED) is 0.917. The molecule has 0 aliphatic carbocycles. The summed E-state index contributed by atoms with van der Waals surface area (Å²) in [6.45, 7) is 3.09. The van der Waals surface area contributed by atoms with Gasteiger partial charge in [-0.1, -0.05) is 13.0 Å². The first kappa shape index (κ1) is 12.3. The van der Waals surface area contributed by atoms with E-state index in [4.69, 9.17) is 4.42 Å². The summed E-state index contributed by atoms with van der Waals surface area (Å²) in [5.41, 5.74) is 1.11. The fourth-order valence-corrected chi connectivity index (χ4v) is 2.02. The van der Waals surface area contributed by atoms with E-state index in [1.165, 1.54) is 0 Å². The molecule has 0 aromatic carbocycles. The Hall–Kier alpha value is -1.13. The van der Waals surface area contributed by atoms with Crippen molar-refractivity contribution in [1.29, 1.82) is 0 Å². The van der Waals surface area contributed by atoms with Gasteiger partial charge in [-0.25, -0.2) is 0 Å². The summed E-state index contributed by atoms with van der Waals surface area (Å²) in [6.07, 6.45) is 4.72. The van der Waals surface area contributed by atoms with Crippen LogP contribution >= 0.6 is 15.9 Å². The smallest absolute Gasteiger partial charge is 0.169 e. The molecule has 2 rings (SSSR count). The number of pyridine rings is 1. The highest BCUT2D eigenvalue weighted by molar-refractivity contribution is 9.10. The van der Waals surface area contributed by atoms with Gasteiger partial charge in [-0.3, -0.25) is 4.98 Å². The fourth-order valence-electron chi connectivity index (χ4n) is 1.70. The summed E-state index contributed by atoms with van der Waals surface area (Å²) in [5, 5.41) is 3.46. The van der Waals surface area contributed by atoms with Gasteiger partial charge in [0.2, 0.25) is 0 Å². The van der Waals surface area contributed by atoms with Crippen LogP contribution in [0.1, 0.15) is 30.7 Å². The van der Waals surface area contributed by atoms with Crippen LogP contribution in [0.2, 0.25) is 0 Å². The van der Waals surface area contributed by atoms with Gasteiger partial charge in [0, 0.05) is 12.4 Å². The molecule has 0 saturated carbocycles. The highest BCUT2D eigenvalue weighted by atomic mass is 79.9. The molecule has 0 aliphatic rings. The van der Waals surface area contributed by atoms with Crippen LogP contribution in [0.15, 0.2) is 45.7 Å². The number of nitrogens with zero attached hydrogens (tertiary/aromatic N) is 1. The predicted octanol–water partition coefficient (Wildman–Crippen LogP) is 3.53. The summed E-state index contributed by atoms with van der Waals surface area (Å²) < 4.78 is 6.37. The van der Waals surface area contributed by atoms with E-state index in [0.29, 0.717) is 0 Å². The first-order valence-corrected chi connectivity index (χ1v) is 6.49. The largest absolute Gasteiger partial charge is 0.452 e. The second-order valence-electron chi connectivity index (χ2n) is 3.82. The van der Waals surface area contributed by atoms with Crippen molar-refractivity contribution in [1.82, 2.24) is 10.3 Å². The van der Waals surface area contributed by atoms with Gasteiger partial charge in [-0.2, -0.15) is 0 Å². The third kappa shape index (κ3) is 3.17. The molecule has 2 heterocycles. The molecule has 4 heteroatoms. The van der Waals surface area contributed by atoms with Crippen LogP contribution in [-0.4, -0.2) is 11.5 Å². The molecule has 0 aliphatic heterocycles. The number of rotatable bonds is 5. The van der Waals surface area contributed by atoms with Crippen molar-refractivity contribution in [3.8, 4) is 0 Å². The van der Waals surface area contributed by atoms with Crippen molar-refractivity contribution < 1.29 is 4.42 Å². The molecule has 0 fully saturated rings. The van der Waals surface area contributed by atoms with Crippen molar-refractivity contribution in [2.24, 2.45) is 0 Å². The summed E-state index contributed by atoms with van der Waals surface area (Å²) in [4.78, 5) is 4.15. The Bertz CT molecular complexity index is 455. The van der Waals surface area contributed by atoms with E-state index in [2.05, 4.69) is 39.2 Å². The Morgan fingerprint density at radius 3 is 2.88 bits per heavy atom. The lowest BCUT2D eigenvalue weighted by atomic mass is 10.1. The maximum Gasteiger partial charge on any atom is 0.169 e. The van der Waals surface area contributed by atoms with E-state index in [0.717, 1.165) is 29.0 Å². The highest BCUT2D eigenvalue weighted by Crippen LogP contribution is 2.25. The van der Waals surface area contributed by atoms with E-state index < -0.39 is 0 Å². The molecule has 3 nitrogen and oxygen atoms in total. The Labute approximate surface area is 109 Å². The molecule has 1 unspecified atom stereocenters. The summed E-state index contributed by atoms with van der Waals surface area (Å²) in [6, 6.07) is 7.94. The van der Waals surface area contributed by atoms with Crippen molar-refractivity contribution in [2.45, 2.75) is 19.4 Å². The third-order valence-corrected chi connectivity index (χ3v) is 2.92.